The molecule has 7 nitrogen and oxygen atoms in total. The van der Waals surface area contributed by atoms with Crippen molar-refractivity contribution in [1.29, 1.82) is 0 Å². The lowest BCUT2D eigenvalue weighted by molar-refractivity contribution is 0.578. The molecule has 8 heteroatoms. The summed E-state index contributed by atoms with van der Waals surface area (Å²) >= 11 is 0. The first kappa shape index (κ1) is 16.7. The lowest BCUT2D eigenvalue weighted by Crippen LogP contribution is -2.16. The summed E-state index contributed by atoms with van der Waals surface area (Å²) in [4.78, 5) is 8.83. The molecule has 0 aliphatic heterocycles. The highest BCUT2D eigenvalue weighted by Gasteiger charge is 2.15. The molecule has 2 heterocycles. The van der Waals surface area contributed by atoms with E-state index in [-0.39, 0.29) is 5.75 Å². The number of nitrogens with zero attached hydrogens (tertiary/aromatic N) is 3. The Bertz CT molecular complexity index is 795. The van der Waals surface area contributed by atoms with Gasteiger partial charge in [-0.05, 0) is 39.2 Å². The minimum atomic E-state index is -3.36. The van der Waals surface area contributed by atoms with E-state index in [2.05, 4.69) is 14.5 Å². The standard InChI is InChI=1S/C14H23N5O2S/c1-9-10(2)17-14(15)12-13(9)19(11(3)18-12)7-5-4-6-8-22(16,20)21/h4-8H2,1-3H3,(H2,15,17)(H2,16,20,21). The third-order valence-electron chi connectivity index (χ3n) is 3.90. The van der Waals surface area contributed by atoms with Crippen LogP contribution in [0.4, 0.5) is 5.82 Å². The van der Waals surface area contributed by atoms with Crippen LogP contribution in [0.3, 0.4) is 0 Å². The van der Waals surface area contributed by atoms with E-state index in [0.29, 0.717) is 12.2 Å². The second-order valence-corrected chi connectivity index (χ2v) is 7.38. The van der Waals surface area contributed by atoms with Gasteiger partial charge in [-0.25, -0.2) is 23.5 Å². The highest BCUT2D eigenvalue weighted by atomic mass is 32.2. The van der Waals surface area contributed by atoms with Crippen LogP contribution in [0.15, 0.2) is 0 Å². The first-order valence-corrected chi connectivity index (χ1v) is 9.02. The van der Waals surface area contributed by atoms with Gasteiger partial charge in [0.05, 0.1) is 11.3 Å². The van der Waals surface area contributed by atoms with Crippen molar-refractivity contribution < 1.29 is 8.42 Å². The number of hydrogen-bond acceptors (Lipinski definition) is 5. The van der Waals surface area contributed by atoms with Crippen LogP contribution in [0.25, 0.3) is 11.0 Å². The zero-order chi connectivity index (χ0) is 16.5. The van der Waals surface area contributed by atoms with Crippen LogP contribution >= 0.6 is 0 Å². The number of imidazole rings is 1. The predicted octanol–water partition coefficient (Wildman–Crippen LogP) is 1.40. The van der Waals surface area contributed by atoms with E-state index in [4.69, 9.17) is 10.9 Å². The maximum absolute atomic E-state index is 10.9. The van der Waals surface area contributed by atoms with Gasteiger partial charge in [-0.1, -0.05) is 6.42 Å². The summed E-state index contributed by atoms with van der Waals surface area (Å²) in [5.74, 6) is 1.38. The first-order valence-electron chi connectivity index (χ1n) is 7.30. The molecule has 2 aromatic heterocycles. The number of anilines is 1. The van der Waals surface area contributed by atoms with Crippen LogP contribution in [0, 0.1) is 20.8 Å². The summed E-state index contributed by atoms with van der Waals surface area (Å²) in [5.41, 5.74) is 9.71. The summed E-state index contributed by atoms with van der Waals surface area (Å²) in [5, 5.41) is 5.00. The largest absolute Gasteiger partial charge is 0.382 e. The molecule has 0 unspecified atom stereocenters. The highest BCUT2D eigenvalue weighted by Crippen LogP contribution is 2.26. The number of hydrogen-bond donors (Lipinski definition) is 2. The molecular formula is C14H23N5O2S. The van der Waals surface area contributed by atoms with Crippen molar-refractivity contribution >= 4 is 26.9 Å². The molecule has 122 valence electrons. The van der Waals surface area contributed by atoms with Crippen molar-refractivity contribution in [1.82, 2.24) is 14.5 Å². The number of rotatable bonds is 6. The van der Waals surface area contributed by atoms with Gasteiger partial charge in [-0.2, -0.15) is 0 Å². The molecule has 0 saturated carbocycles. The van der Waals surface area contributed by atoms with Gasteiger partial charge in [-0.3, -0.25) is 0 Å². The van der Waals surface area contributed by atoms with E-state index in [1.165, 1.54) is 0 Å². The molecule has 0 bridgehead atoms. The Hall–Kier alpha value is -1.67. The minimum Gasteiger partial charge on any atom is -0.382 e. The monoisotopic (exact) mass is 325 g/mol. The SMILES string of the molecule is Cc1nc(N)c2nc(C)n(CCCCCS(N)(=O)=O)c2c1C. The van der Waals surface area contributed by atoms with E-state index >= 15 is 0 Å². The molecule has 4 N–H and O–H groups in total. The van der Waals surface area contributed by atoms with Gasteiger partial charge in [0.2, 0.25) is 10.0 Å². The quantitative estimate of drug-likeness (QED) is 0.778. The normalized spacial score (nSPS) is 12.2. The number of pyridine rings is 1. The van der Waals surface area contributed by atoms with Crippen LogP contribution in [0.1, 0.15) is 36.3 Å². The van der Waals surface area contributed by atoms with Crippen LogP contribution in [0.2, 0.25) is 0 Å². The number of nitrogens with two attached hydrogens (primary N) is 2. The van der Waals surface area contributed by atoms with Gasteiger partial charge in [0.25, 0.3) is 0 Å². The Morgan fingerprint density at radius 1 is 1.09 bits per heavy atom. The zero-order valence-electron chi connectivity index (χ0n) is 13.3. The Morgan fingerprint density at radius 3 is 2.41 bits per heavy atom. The maximum atomic E-state index is 10.9. The topological polar surface area (TPSA) is 117 Å². The third kappa shape index (κ3) is 3.56. The van der Waals surface area contributed by atoms with E-state index in [9.17, 15) is 8.42 Å². The average molecular weight is 325 g/mol. The Balaban J connectivity index is 2.16. The summed E-state index contributed by atoms with van der Waals surface area (Å²) < 4.78 is 24.0. The first-order chi connectivity index (χ1) is 10.2. The van der Waals surface area contributed by atoms with Crippen LogP contribution in [-0.2, 0) is 16.6 Å². The Kier molecular flexibility index (Phi) is 4.72. The number of primary sulfonamides is 1. The number of aromatic nitrogens is 3. The van der Waals surface area contributed by atoms with Crippen molar-refractivity contribution in [2.24, 2.45) is 5.14 Å². The molecular weight excluding hydrogens is 302 g/mol. The molecule has 22 heavy (non-hydrogen) atoms. The second-order valence-electron chi connectivity index (χ2n) is 5.64. The van der Waals surface area contributed by atoms with Crippen LogP contribution in [-0.4, -0.2) is 28.7 Å². The van der Waals surface area contributed by atoms with Crippen LogP contribution < -0.4 is 10.9 Å². The molecule has 0 aliphatic carbocycles. The summed E-state index contributed by atoms with van der Waals surface area (Å²) in [6.07, 6.45) is 2.24. The molecule has 2 rings (SSSR count). The minimum absolute atomic E-state index is 0.0334. The number of aryl methyl sites for hydroxylation is 4. The Morgan fingerprint density at radius 2 is 1.77 bits per heavy atom. The van der Waals surface area contributed by atoms with Gasteiger partial charge in [0, 0.05) is 12.2 Å². The van der Waals surface area contributed by atoms with Gasteiger partial charge in [0.15, 0.2) is 5.82 Å². The van der Waals surface area contributed by atoms with E-state index in [1.54, 1.807) is 0 Å². The molecule has 0 radical (unpaired) electrons. The second kappa shape index (κ2) is 6.21. The van der Waals surface area contributed by atoms with E-state index in [0.717, 1.165) is 47.5 Å². The molecule has 0 aromatic carbocycles. The molecule has 0 saturated heterocycles. The molecule has 0 aliphatic rings. The van der Waals surface area contributed by atoms with Crippen molar-refractivity contribution in [3.63, 3.8) is 0 Å². The van der Waals surface area contributed by atoms with Crippen LogP contribution in [0.5, 0.6) is 0 Å². The summed E-state index contributed by atoms with van der Waals surface area (Å²) in [6, 6.07) is 0. The number of fused-ring (bicyclic) bond motifs is 1. The van der Waals surface area contributed by atoms with E-state index in [1.807, 2.05) is 20.8 Å². The molecule has 2 aromatic rings. The third-order valence-corrected chi connectivity index (χ3v) is 4.76. The highest BCUT2D eigenvalue weighted by molar-refractivity contribution is 7.89. The Labute approximate surface area is 130 Å². The molecule has 0 amide bonds. The maximum Gasteiger partial charge on any atom is 0.209 e. The number of nitrogen functional groups attached to an aromatic ring is 1. The summed E-state index contributed by atoms with van der Waals surface area (Å²) in [6.45, 7) is 6.67. The van der Waals surface area contributed by atoms with Crippen molar-refractivity contribution in [3.8, 4) is 0 Å². The smallest absolute Gasteiger partial charge is 0.209 e. The lowest BCUT2D eigenvalue weighted by Gasteiger charge is -2.10. The van der Waals surface area contributed by atoms with Gasteiger partial charge < -0.3 is 10.3 Å². The summed E-state index contributed by atoms with van der Waals surface area (Å²) in [7, 11) is -3.36. The van der Waals surface area contributed by atoms with Crippen molar-refractivity contribution in [2.75, 3.05) is 11.5 Å². The zero-order valence-corrected chi connectivity index (χ0v) is 14.1. The van der Waals surface area contributed by atoms with Crippen molar-refractivity contribution in [3.05, 3.63) is 17.1 Å². The van der Waals surface area contributed by atoms with Crippen molar-refractivity contribution in [2.45, 2.75) is 46.6 Å². The number of sulfonamides is 1. The fraction of sp³-hybridized carbons (Fsp3) is 0.571. The average Bonchev–Trinajstić information content (AvgIpc) is 2.72. The van der Waals surface area contributed by atoms with Gasteiger partial charge in [-0.15, -0.1) is 0 Å². The van der Waals surface area contributed by atoms with Gasteiger partial charge >= 0.3 is 0 Å². The molecule has 0 spiro atoms. The fourth-order valence-electron chi connectivity index (χ4n) is 2.64. The molecule has 0 fully saturated rings. The van der Waals surface area contributed by atoms with E-state index < -0.39 is 10.0 Å². The fourth-order valence-corrected chi connectivity index (χ4v) is 3.24. The number of unbranched alkanes of at least 4 members (excludes halogenated alkanes) is 2. The van der Waals surface area contributed by atoms with Gasteiger partial charge in [0.1, 0.15) is 11.3 Å². The lowest BCUT2D eigenvalue weighted by atomic mass is 10.2. The predicted molar refractivity (Wildman–Crippen MR) is 88.0 cm³/mol. The molecule has 0 atom stereocenters.